The molecule has 0 unspecified atom stereocenters. The maximum atomic E-state index is 12.6. The van der Waals surface area contributed by atoms with E-state index in [0.717, 1.165) is 43.0 Å². The van der Waals surface area contributed by atoms with Crippen molar-refractivity contribution in [1.29, 1.82) is 0 Å². The number of nitrogens with one attached hydrogen (secondary N) is 1. The van der Waals surface area contributed by atoms with Crippen molar-refractivity contribution < 1.29 is 9.90 Å². The van der Waals surface area contributed by atoms with Crippen LogP contribution in [0.25, 0.3) is 0 Å². The summed E-state index contributed by atoms with van der Waals surface area (Å²) < 4.78 is 2.03. The van der Waals surface area contributed by atoms with Gasteiger partial charge in [0.2, 0.25) is 5.91 Å². The lowest BCUT2D eigenvalue weighted by atomic mass is 10.0. The number of aliphatic hydroxyl groups excluding tert-OH is 1. The first-order chi connectivity index (χ1) is 14.0. The van der Waals surface area contributed by atoms with Crippen molar-refractivity contribution in [2.24, 2.45) is 0 Å². The molecule has 0 saturated carbocycles. The van der Waals surface area contributed by atoms with Crippen molar-refractivity contribution in [2.75, 3.05) is 37.0 Å². The van der Waals surface area contributed by atoms with E-state index in [2.05, 4.69) is 25.3 Å². The fourth-order valence-corrected chi connectivity index (χ4v) is 4.21. The van der Waals surface area contributed by atoms with Gasteiger partial charge in [-0.15, -0.1) is 0 Å². The third-order valence-electron chi connectivity index (χ3n) is 5.74. The van der Waals surface area contributed by atoms with Gasteiger partial charge in [0, 0.05) is 51.1 Å². The second kappa shape index (κ2) is 8.36. The topological polar surface area (TPSA) is 99.4 Å². The molecule has 29 heavy (non-hydrogen) atoms. The molecule has 2 aliphatic rings. The van der Waals surface area contributed by atoms with Crippen molar-refractivity contribution in [1.82, 2.24) is 25.1 Å². The van der Waals surface area contributed by atoms with Gasteiger partial charge in [0.25, 0.3) is 0 Å². The molecule has 4 heterocycles. The average Bonchev–Trinajstić information content (AvgIpc) is 3.30. The Balaban J connectivity index is 1.38. The van der Waals surface area contributed by atoms with E-state index in [1.165, 1.54) is 12.0 Å². The molecule has 4 rings (SSSR count). The zero-order valence-electron chi connectivity index (χ0n) is 17.1. The zero-order chi connectivity index (χ0) is 20.4. The lowest BCUT2D eigenvalue weighted by Crippen LogP contribution is -2.41. The number of fused-ring (bicyclic) bond motifs is 1. The molecule has 1 saturated heterocycles. The standard InChI is InChI=1S/C20H29N7O2/c1-25(2)18-9-19(23-13-22-18)26-12-16(28)8-15(26)11-21-20(29)7-14-10-24-27-6-4-3-5-17(14)27/h9-10,13,15-16,28H,3-8,11-12H2,1-2H3,(H,21,29)/t15-,16-/m1/s1. The molecule has 156 valence electrons. The van der Waals surface area contributed by atoms with Crippen LogP contribution in [0, 0.1) is 0 Å². The quantitative estimate of drug-likeness (QED) is 0.724. The van der Waals surface area contributed by atoms with Crippen LogP contribution in [-0.2, 0) is 24.2 Å². The van der Waals surface area contributed by atoms with Gasteiger partial charge in [0.05, 0.1) is 24.8 Å². The molecule has 0 aliphatic carbocycles. The summed E-state index contributed by atoms with van der Waals surface area (Å²) >= 11 is 0. The van der Waals surface area contributed by atoms with Crippen molar-refractivity contribution >= 4 is 17.5 Å². The third-order valence-corrected chi connectivity index (χ3v) is 5.74. The van der Waals surface area contributed by atoms with Crippen LogP contribution in [0.15, 0.2) is 18.6 Å². The number of amides is 1. The van der Waals surface area contributed by atoms with Gasteiger partial charge in [-0.25, -0.2) is 9.97 Å². The minimum atomic E-state index is -0.433. The summed E-state index contributed by atoms with van der Waals surface area (Å²) in [6.45, 7) is 1.92. The van der Waals surface area contributed by atoms with E-state index in [1.807, 2.05) is 35.9 Å². The normalized spacial score (nSPS) is 21.1. The Kier molecular flexibility index (Phi) is 5.66. The molecular weight excluding hydrogens is 370 g/mol. The maximum absolute atomic E-state index is 12.6. The summed E-state index contributed by atoms with van der Waals surface area (Å²) in [6, 6.07) is 1.91. The minimum absolute atomic E-state index is 0.0000560. The van der Waals surface area contributed by atoms with E-state index in [-0.39, 0.29) is 11.9 Å². The maximum Gasteiger partial charge on any atom is 0.224 e. The number of nitrogens with zero attached hydrogens (tertiary/aromatic N) is 6. The number of aromatic nitrogens is 4. The number of rotatable bonds is 6. The summed E-state index contributed by atoms with van der Waals surface area (Å²) in [5, 5.41) is 17.6. The van der Waals surface area contributed by atoms with E-state index in [9.17, 15) is 9.90 Å². The van der Waals surface area contributed by atoms with E-state index in [1.54, 1.807) is 0 Å². The molecule has 2 aromatic heterocycles. The number of β-amino-alcohol motifs (C(OH)–C–C–N with tert-alkyl or cyclic N) is 1. The molecule has 2 aromatic rings. The van der Waals surface area contributed by atoms with Crippen molar-refractivity contribution in [3.63, 3.8) is 0 Å². The van der Waals surface area contributed by atoms with Gasteiger partial charge in [0.1, 0.15) is 18.0 Å². The third kappa shape index (κ3) is 4.34. The fourth-order valence-electron chi connectivity index (χ4n) is 4.21. The van der Waals surface area contributed by atoms with Gasteiger partial charge in [-0.1, -0.05) is 0 Å². The molecule has 2 aliphatic heterocycles. The van der Waals surface area contributed by atoms with E-state index < -0.39 is 6.10 Å². The number of hydrogen-bond donors (Lipinski definition) is 2. The molecule has 1 fully saturated rings. The van der Waals surface area contributed by atoms with Gasteiger partial charge >= 0.3 is 0 Å². The zero-order valence-corrected chi connectivity index (χ0v) is 17.1. The monoisotopic (exact) mass is 399 g/mol. The van der Waals surface area contributed by atoms with Crippen LogP contribution in [0.5, 0.6) is 0 Å². The summed E-state index contributed by atoms with van der Waals surface area (Å²) in [6.07, 6.45) is 7.18. The summed E-state index contributed by atoms with van der Waals surface area (Å²) in [7, 11) is 3.86. The predicted octanol–water partition coefficient (Wildman–Crippen LogP) is 0.374. The van der Waals surface area contributed by atoms with Crippen LogP contribution in [0.4, 0.5) is 11.6 Å². The van der Waals surface area contributed by atoms with Gasteiger partial charge < -0.3 is 20.2 Å². The highest BCUT2D eigenvalue weighted by molar-refractivity contribution is 5.78. The molecule has 9 heteroatoms. The van der Waals surface area contributed by atoms with E-state index >= 15 is 0 Å². The van der Waals surface area contributed by atoms with Gasteiger partial charge in [-0.2, -0.15) is 5.10 Å². The van der Waals surface area contributed by atoms with Gasteiger partial charge in [-0.05, 0) is 25.7 Å². The van der Waals surface area contributed by atoms with Crippen LogP contribution in [-0.4, -0.2) is 70.1 Å². The second-order valence-electron chi connectivity index (χ2n) is 8.10. The Morgan fingerprint density at radius 1 is 1.34 bits per heavy atom. The fraction of sp³-hybridized carbons (Fsp3) is 0.600. The highest BCUT2D eigenvalue weighted by atomic mass is 16.3. The van der Waals surface area contributed by atoms with Crippen LogP contribution in [0.2, 0.25) is 0 Å². The lowest BCUT2D eigenvalue weighted by Gasteiger charge is -2.26. The Morgan fingerprint density at radius 2 is 2.21 bits per heavy atom. The Morgan fingerprint density at radius 3 is 3.03 bits per heavy atom. The number of carbonyl (C=O) groups is 1. The molecule has 2 atom stereocenters. The average molecular weight is 399 g/mol. The second-order valence-corrected chi connectivity index (χ2v) is 8.10. The molecule has 9 nitrogen and oxygen atoms in total. The number of hydrogen-bond acceptors (Lipinski definition) is 7. The SMILES string of the molecule is CN(C)c1cc(N2C[C@H](O)C[C@@H]2CNC(=O)Cc2cnn3c2CCCC3)ncn1. The van der Waals surface area contributed by atoms with Gasteiger partial charge in [0.15, 0.2) is 0 Å². The highest BCUT2D eigenvalue weighted by Crippen LogP contribution is 2.25. The molecule has 0 spiro atoms. The molecule has 0 bridgehead atoms. The molecule has 2 N–H and O–H groups in total. The van der Waals surface area contributed by atoms with Gasteiger partial charge in [-0.3, -0.25) is 9.48 Å². The number of anilines is 2. The van der Waals surface area contributed by atoms with Crippen LogP contribution in [0.3, 0.4) is 0 Å². The van der Waals surface area contributed by atoms with Crippen molar-refractivity contribution in [3.05, 3.63) is 29.8 Å². The molecule has 1 amide bonds. The molecule has 0 radical (unpaired) electrons. The predicted molar refractivity (Wildman–Crippen MR) is 110 cm³/mol. The molecular formula is C20H29N7O2. The first-order valence-electron chi connectivity index (χ1n) is 10.3. The van der Waals surface area contributed by atoms with E-state index in [0.29, 0.717) is 25.9 Å². The summed E-state index contributed by atoms with van der Waals surface area (Å²) in [5.41, 5.74) is 2.22. The van der Waals surface area contributed by atoms with Crippen LogP contribution >= 0.6 is 0 Å². The van der Waals surface area contributed by atoms with Crippen LogP contribution < -0.4 is 15.1 Å². The Hall–Kier alpha value is -2.68. The first-order valence-corrected chi connectivity index (χ1v) is 10.3. The summed E-state index contributed by atoms with van der Waals surface area (Å²) in [4.78, 5) is 25.2. The van der Waals surface area contributed by atoms with Crippen molar-refractivity contribution in [2.45, 2.75) is 50.8 Å². The largest absolute Gasteiger partial charge is 0.391 e. The first kappa shape index (κ1) is 19.6. The smallest absolute Gasteiger partial charge is 0.224 e. The van der Waals surface area contributed by atoms with Crippen molar-refractivity contribution in [3.8, 4) is 0 Å². The number of aliphatic hydroxyl groups is 1. The minimum Gasteiger partial charge on any atom is -0.391 e. The molecule has 0 aromatic carbocycles. The lowest BCUT2D eigenvalue weighted by molar-refractivity contribution is -0.120. The van der Waals surface area contributed by atoms with Crippen LogP contribution in [0.1, 0.15) is 30.5 Å². The Labute approximate surface area is 170 Å². The number of aryl methyl sites for hydroxylation is 1. The van der Waals surface area contributed by atoms with E-state index in [4.69, 9.17) is 0 Å². The number of carbonyl (C=O) groups excluding carboxylic acids is 1. The summed E-state index contributed by atoms with van der Waals surface area (Å²) in [5.74, 6) is 1.57. The Bertz CT molecular complexity index is 866. The highest BCUT2D eigenvalue weighted by Gasteiger charge is 2.32.